The van der Waals surface area contributed by atoms with E-state index in [2.05, 4.69) is 52.1 Å². The first kappa shape index (κ1) is 27.4. The van der Waals surface area contributed by atoms with Gasteiger partial charge in [0.15, 0.2) is 0 Å². The number of halogens is 1. The molecule has 1 heterocycles. The van der Waals surface area contributed by atoms with Crippen molar-refractivity contribution in [3.63, 3.8) is 0 Å². The summed E-state index contributed by atoms with van der Waals surface area (Å²) in [6, 6.07) is 0. The Balaban J connectivity index is 1.51. The standard InChI is InChI=1S/C33H50ClNO2/c1-6-24-15-17-32(5)28(30(24,3)21-23-11-12-25(34)9-8-20-35-22(23)2)14-13-26-27-10-7-16-33(27,29(36)37)19-18-31(26,32)4/h8-9,12,24,26-28,35H,6-7,10-11,13-21H2,1-5H3,(H,36,37)/b9-8-,23-22+,25-12+/t24?,26?,27?,28?,30-,31+,32+,33-/m0/s1. The lowest BCUT2D eigenvalue weighted by molar-refractivity contribution is -0.218. The van der Waals surface area contributed by atoms with Crippen LogP contribution in [0.25, 0.3) is 0 Å². The first-order valence-electron chi connectivity index (χ1n) is 15.2. The fraction of sp³-hybridized carbons (Fsp3) is 0.788. The monoisotopic (exact) mass is 527 g/mol. The number of nitrogens with one attached hydrogen (secondary N) is 1. The van der Waals surface area contributed by atoms with Gasteiger partial charge in [-0.3, -0.25) is 4.79 Å². The number of hydrogen-bond donors (Lipinski definition) is 2. The topological polar surface area (TPSA) is 49.3 Å². The van der Waals surface area contributed by atoms with Gasteiger partial charge in [0.1, 0.15) is 0 Å². The Kier molecular flexibility index (Phi) is 7.21. The summed E-state index contributed by atoms with van der Waals surface area (Å²) in [6.07, 6.45) is 19.8. The van der Waals surface area contributed by atoms with E-state index in [0.29, 0.717) is 17.8 Å². The zero-order chi connectivity index (χ0) is 26.6. The van der Waals surface area contributed by atoms with Crippen molar-refractivity contribution in [3.8, 4) is 0 Å². The molecule has 0 aromatic heterocycles. The number of rotatable bonds is 4. The van der Waals surface area contributed by atoms with Crippen LogP contribution in [0.3, 0.4) is 0 Å². The second kappa shape index (κ2) is 9.76. The lowest BCUT2D eigenvalue weighted by Crippen LogP contribution is -2.64. The summed E-state index contributed by atoms with van der Waals surface area (Å²) in [4.78, 5) is 12.6. The van der Waals surface area contributed by atoms with Crippen LogP contribution in [0, 0.1) is 45.3 Å². The van der Waals surface area contributed by atoms with Crippen molar-refractivity contribution in [2.24, 2.45) is 45.3 Å². The predicted molar refractivity (Wildman–Crippen MR) is 153 cm³/mol. The van der Waals surface area contributed by atoms with Crippen LogP contribution < -0.4 is 5.32 Å². The van der Waals surface area contributed by atoms with Crippen molar-refractivity contribution in [3.05, 3.63) is 34.5 Å². The van der Waals surface area contributed by atoms with Crippen molar-refractivity contribution >= 4 is 17.6 Å². The number of hydrogen-bond acceptors (Lipinski definition) is 2. The number of carboxylic acids is 1. The molecule has 5 rings (SSSR count). The Labute approximate surface area is 230 Å². The van der Waals surface area contributed by atoms with Gasteiger partial charge in [-0.1, -0.05) is 64.3 Å². The molecule has 0 amide bonds. The molecule has 2 N–H and O–H groups in total. The molecule has 0 radical (unpaired) electrons. The van der Waals surface area contributed by atoms with E-state index in [9.17, 15) is 9.90 Å². The summed E-state index contributed by atoms with van der Waals surface area (Å²) < 4.78 is 0. The molecule has 4 unspecified atom stereocenters. The van der Waals surface area contributed by atoms with Crippen LogP contribution >= 0.6 is 11.6 Å². The molecule has 0 aromatic carbocycles. The van der Waals surface area contributed by atoms with Crippen LogP contribution in [-0.2, 0) is 4.79 Å². The Bertz CT molecular complexity index is 1010. The van der Waals surface area contributed by atoms with Gasteiger partial charge in [0.2, 0.25) is 0 Å². The van der Waals surface area contributed by atoms with E-state index >= 15 is 0 Å². The minimum absolute atomic E-state index is 0.233. The third-order valence-corrected chi connectivity index (χ3v) is 13.5. The SMILES string of the molecule is CCC1CC[C@]2(C)C(CCC3C4CCC[C@]4(C(=O)O)CC[C@]32C)[C@@]1(C)C/C1=C(\C)NC/C=C\C(Cl)=C/C1. The number of allylic oxidation sites excluding steroid dienone is 5. The summed E-state index contributed by atoms with van der Waals surface area (Å²) in [5, 5.41) is 14.9. The number of fused-ring (bicyclic) bond motifs is 5. The molecule has 3 nitrogen and oxygen atoms in total. The molecular weight excluding hydrogens is 478 g/mol. The molecule has 0 bridgehead atoms. The van der Waals surface area contributed by atoms with Crippen molar-refractivity contribution in [2.45, 2.75) is 112 Å². The lowest BCUT2D eigenvalue weighted by Gasteiger charge is -2.70. The van der Waals surface area contributed by atoms with Gasteiger partial charge >= 0.3 is 5.97 Å². The maximum Gasteiger partial charge on any atom is 0.309 e. The molecule has 8 atom stereocenters. The smallest absolute Gasteiger partial charge is 0.309 e. The van der Waals surface area contributed by atoms with Crippen molar-refractivity contribution in [1.82, 2.24) is 5.32 Å². The van der Waals surface area contributed by atoms with Crippen LogP contribution in [0.5, 0.6) is 0 Å². The normalized spacial score (nSPS) is 50.2. The largest absolute Gasteiger partial charge is 0.481 e. The maximum absolute atomic E-state index is 12.6. The Morgan fingerprint density at radius 3 is 2.57 bits per heavy atom. The summed E-state index contributed by atoms with van der Waals surface area (Å²) in [5.41, 5.74) is 3.14. The molecule has 206 valence electrons. The maximum atomic E-state index is 12.6. The fourth-order valence-electron chi connectivity index (χ4n) is 10.9. The zero-order valence-electron chi connectivity index (χ0n) is 24.0. The fourth-order valence-corrected chi connectivity index (χ4v) is 11.1. The molecule has 5 aliphatic rings. The Morgan fingerprint density at radius 1 is 1.05 bits per heavy atom. The molecule has 4 aliphatic carbocycles. The van der Waals surface area contributed by atoms with Gasteiger partial charge in [0, 0.05) is 17.3 Å². The second-order valence-corrected chi connectivity index (χ2v) is 14.6. The van der Waals surface area contributed by atoms with Crippen LogP contribution in [0.4, 0.5) is 0 Å². The van der Waals surface area contributed by atoms with E-state index in [1.54, 1.807) is 0 Å². The highest BCUT2D eigenvalue weighted by atomic mass is 35.5. The quantitative estimate of drug-likeness (QED) is 0.383. The summed E-state index contributed by atoms with van der Waals surface area (Å²) in [7, 11) is 0. The van der Waals surface area contributed by atoms with Crippen molar-refractivity contribution in [1.29, 1.82) is 0 Å². The van der Waals surface area contributed by atoms with Gasteiger partial charge in [-0.2, -0.15) is 0 Å². The molecule has 0 saturated heterocycles. The van der Waals surface area contributed by atoms with Crippen LogP contribution in [0.1, 0.15) is 112 Å². The van der Waals surface area contributed by atoms with Gasteiger partial charge < -0.3 is 10.4 Å². The van der Waals surface area contributed by atoms with E-state index in [0.717, 1.165) is 62.4 Å². The lowest BCUT2D eigenvalue weighted by atomic mass is 9.34. The summed E-state index contributed by atoms with van der Waals surface area (Å²) in [5.74, 6) is 1.83. The third-order valence-electron chi connectivity index (χ3n) is 13.2. The van der Waals surface area contributed by atoms with Crippen molar-refractivity contribution < 1.29 is 9.90 Å². The molecule has 4 heteroatoms. The zero-order valence-corrected chi connectivity index (χ0v) is 24.7. The van der Waals surface area contributed by atoms with Gasteiger partial charge in [-0.15, -0.1) is 0 Å². The number of carboxylic acid groups (broad SMARTS) is 1. The minimum Gasteiger partial charge on any atom is -0.481 e. The highest BCUT2D eigenvalue weighted by Gasteiger charge is 2.69. The molecule has 4 fully saturated rings. The Hall–Kier alpha value is -1.22. The van der Waals surface area contributed by atoms with Gasteiger partial charge in [-0.05, 0) is 123 Å². The Morgan fingerprint density at radius 2 is 1.84 bits per heavy atom. The van der Waals surface area contributed by atoms with E-state index in [1.165, 1.54) is 43.4 Å². The van der Waals surface area contributed by atoms with E-state index in [-0.39, 0.29) is 16.2 Å². The van der Waals surface area contributed by atoms with Gasteiger partial charge in [0.05, 0.1) is 5.41 Å². The number of carbonyl (C=O) groups is 1. The highest BCUT2D eigenvalue weighted by Crippen LogP contribution is 2.75. The van der Waals surface area contributed by atoms with Gasteiger partial charge in [-0.25, -0.2) is 0 Å². The minimum atomic E-state index is -0.500. The highest BCUT2D eigenvalue weighted by molar-refractivity contribution is 6.31. The van der Waals surface area contributed by atoms with E-state index in [1.807, 2.05) is 6.08 Å². The summed E-state index contributed by atoms with van der Waals surface area (Å²) in [6.45, 7) is 13.3. The molecular formula is C33H50ClNO2. The van der Waals surface area contributed by atoms with Crippen LogP contribution in [0.15, 0.2) is 34.5 Å². The first-order chi connectivity index (χ1) is 17.5. The predicted octanol–water partition coefficient (Wildman–Crippen LogP) is 8.85. The molecule has 1 aliphatic heterocycles. The summed E-state index contributed by atoms with van der Waals surface area (Å²) >= 11 is 6.50. The number of aliphatic carboxylic acids is 1. The molecule has 4 saturated carbocycles. The molecule has 0 aromatic rings. The van der Waals surface area contributed by atoms with E-state index < -0.39 is 11.4 Å². The average molecular weight is 528 g/mol. The van der Waals surface area contributed by atoms with Gasteiger partial charge in [0.25, 0.3) is 0 Å². The second-order valence-electron chi connectivity index (χ2n) is 14.2. The molecule has 37 heavy (non-hydrogen) atoms. The van der Waals surface area contributed by atoms with E-state index in [4.69, 9.17) is 11.6 Å². The third kappa shape index (κ3) is 4.07. The molecule has 0 spiro atoms. The van der Waals surface area contributed by atoms with Crippen LogP contribution in [-0.4, -0.2) is 17.6 Å². The van der Waals surface area contributed by atoms with Crippen LogP contribution in [0.2, 0.25) is 0 Å². The average Bonchev–Trinajstić information content (AvgIpc) is 3.32. The van der Waals surface area contributed by atoms with Crippen molar-refractivity contribution in [2.75, 3.05) is 6.54 Å². The first-order valence-corrected chi connectivity index (χ1v) is 15.6.